The predicted molar refractivity (Wildman–Crippen MR) is 51.2 cm³/mol. The van der Waals surface area contributed by atoms with Crippen LogP contribution < -0.4 is 5.32 Å². The molecular formula is C9H11NS. The van der Waals surface area contributed by atoms with Gasteiger partial charge in [-0.15, -0.1) is 0 Å². The van der Waals surface area contributed by atoms with Crippen molar-refractivity contribution in [1.82, 2.24) is 0 Å². The summed E-state index contributed by atoms with van der Waals surface area (Å²) >= 11 is 4.37. The maximum Gasteiger partial charge on any atom is 0.0696 e. The number of fused-ring (bicyclic) bond motifs is 1. The van der Waals surface area contributed by atoms with Crippen molar-refractivity contribution in [3.8, 4) is 0 Å². The maximum atomic E-state index is 4.37. The lowest BCUT2D eigenvalue weighted by Gasteiger charge is -2.22. The molecule has 0 aromatic heterocycles. The SMILES string of the molecule is SC1CCc2ccccc2N1. The lowest BCUT2D eigenvalue weighted by Crippen LogP contribution is -2.19. The van der Waals surface area contributed by atoms with E-state index in [1.807, 2.05) is 0 Å². The molecule has 0 radical (unpaired) electrons. The molecule has 1 aromatic carbocycles. The number of rotatable bonds is 0. The van der Waals surface area contributed by atoms with Crippen molar-refractivity contribution in [3.05, 3.63) is 29.8 Å². The molecule has 58 valence electrons. The van der Waals surface area contributed by atoms with Crippen LogP contribution in [0.25, 0.3) is 0 Å². The van der Waals surface area contributed by atoms with E-state index in [-0.39, 0.29) is 0 Å². The van der Waals surface area contributed by atoms with Crippen molar-refractivity contribution in [2.45, 2.75) is 18.2 Å². The van der Waals surface area contributed by atoms with Gasteiger partial charge in [0.05, 0.1) is 5.37 Å². The van der Waals surface area contributed by atoms with Crippen LogP contribution in [0.1, 0.15) is 12.0 Å². The van der Waals surface area contributed by atoms with Gasteiger partial charge in [0.25, 0.3) is 0 Å². The Bertz CT molecular complexity index is 259. The van der Waals surface area contributed by atoms with E-state index >= 15 is 0 Å². The zero-order chi connectivity index (χ0) is 7.68. The molecule has 1 heterocycles. The Morgan fingerprint density at radius 1 is 1.36 bits per heavy atom. The largest absolute Gasteiger partial charge is 0.373 e. The first kappa shape index (κ1) is 7.04. The van der Waals surface area contributed by atoms with Crippen molar-refractivity contribution in [1.29, 1.82) is 0 Å². The van der Waals surface area contributed by atoms with E-state index in [0.717, 1.165) is 12.8 Å². The van der Waals surface area contributed by atoms with E-state index < -0.39 is 0 Å². The van der Waals surface area contributed by atoms with Gasteiger partial charge < -0.3 is 5.32 Å². The Balaban J connectivity index is 2.34. The first-order valence-electron chi connectivity index (χ1n) is 3.89. The van der Waals surface area contributed by atoms with E-state index in [4.69, 9.17) is 0 Å². The van der Waals surface area contributed by atoms with Crippen molar-refractivity contribution in [3.63, 3.8) is 0 Å². The second-order valence-corrected chi connectivity index (χ2v) is 3.48. The molecule has 1 atom stereocenters. The van der Waals surface area contributed by atoms with Gasteiger partial charge in [0.2, 0.25) is 0 Å². The summed E-state index contributed by atoms with van der Waals surface area (Å²) in [5.41, 5.74) is 2.66. The van der Waals surface area contributed by atoms with Crippen LogP contribution >= 0.6 is 12.6 Å². The molecule has 0 spiro atoms. The lowest BCUT2D eigenvalue weighted by molar-refractivity contribution is 0.794. The van der Waals surface area contributed by atoms with E-state index in [2.05, 4.69) is 42.2 Å². The fourth-order valence-corrected chi connectivity index (χ4v) is 1.69. The molecular weight excluding hydrogens is 154 g/mol. The summed E-state index contributed by atoms with van der Waals surface area (Å²) in [7, 11) is 0. The van der Waals surface area contributed by atoms with E-state index in [1.54, 1.807) is 0 Å². The number of hydrogen-bond acceptors (Lipinski definition) is 2. The number of para-hydroxylation sites is 1. The van der Waals surface area contributed by atoms with E-state index in [1.165, 1.54) is 11.3 Å². The summed E-state index contributed by atoms with van der Waals surface area (Å²) in [6.45, 7) is 0. The van der Waals surface area contributed by atoms with Crippen LogP contribution in [-0.2, 0) is 6.42 Å². The fourth-order valence-electron chi connectivity index (χ4n) is 1.42. The van der Waals surface area contributed by atoms with Crippen LogP contribution in [0.5, 0.6) is 0 Å². The normalized spacial score (nSPS) is 22.1. The van der Waals surface area contributed by atoms with Gasteiger partial charge in [-0.05, 0) is 24.5 Å². The summed E-state index contributed by atoms with van der Waals surface area (Å²) in [6, 6.07) is 8.41. The minimum absolute atomic E-state index is 0.338. The minimum Gasteiger partial charge on any atom is -0.373 e. The molecule has 2 rings (SSSR count). The van der Waals surface area contributed by atoms with Gasteiger partial charge in [0, 0.05) is 5.69 Å². The molecule has 11 heavy (non-hydrogen) atoms. The van der Waals surface area contributed by atoms with Crippen molar-refractivity contribution in [2.24, 2.45) is 0 Å². The fraction of sp³-hybridized carbons (Fsp3) is 0.333. The molecule has 1 nitrogen and oxygen atoms in total. The third-order valence-corrected chi connectivity index (χ3v) is 2.41. The lowest BCUT2D eigenvalue weighted by atomic mass is 10.0. The Morgan fingerprint density at radius 3 is 3.09 bits per heavy atom. The van der Waals surface area contributed by atoms with Gasteiger partial charge >= 0.3 is 0 Å². The number of thiol groups is 1. The zero-order valence-electron chi connectivity index (χ0n) is 6.25. The first-order valence-corrected chi connectivity index (χ1v) is 4.40. The molecule has 1 aromatic rings. The Labute approximate surface area is 72.2 Å². The summed E-state index contributed by atoms with van der Waals surface area (Å²) in [5, 5.41) is 3.66. The molecule has 0 saturated heterocycles. The number of anilines is 1. The molecule has 1 unspecified atom stereocenters. The van der Waals surface area contributed by atoms with Gasteiger partial charge in [-0.2, -0.15) is 12.6 Å². The number of hydrogen-bond donors (Lipinski definition) is 2. The van der Waals surface area contributed by atoms with Gasteiger partial charge in [0.15, 0.2) is 0 Å². The number of aryl methyl sites for hydroxylation is 1. The summed E-state index contributed by atoms with van der Waals surface area (Å²) in [4.78, 5) is 0. The number of nitrogens with one attached hydrogen (secondary N) is 1. The Morgan fingerprint density at radius 2 is 2.18 bits per heavy atom. The van der Waals surface area contributed by atoms with Gasteiger partial charge in [-0.25, -0.2) is 0 Å². The zero-order valence-corrected chi connectivity index (χ0v) is 7.14. The van der Waals surface area contributed by atoms with Gasteiger partial charge in [0.1, 0.15) is 0 Å². The second-order valence-electron chi connectivity index (χ2n) is 2.86. The first-order chi connectivity index (χ1) is 5.36. The minimum atomic E-state index is 0.338. The summed E-state index contributed by atoms with van der Waals surface area (Å²) < 4.78 is 0. The average Bonchev–Trinajstić information content (AvgIpc) is 2.04. The van der Waals surface area contributed by atoms with E-state index in [0.29, 0.717) is 5.37 Å². The third-order valence-electron chi connectivity index (χ3n) is 2.03. The number of benzene rings is 1. The highest BCUT2D eigenvalue weighted by Crippen LogP contribution is 2.25. The van der Waals surface area contributed by atoms with Crippen LogP contribution in [0.15, 0.2) is 24.3 Å². The topological polar surface area (TPSA) is 12.0 Å². The quantitative estimate of drug-likeness (QED) is 0.562. The van der Waals surface area contributed by atoms with Crippen molar-refractivity contribution < 1.29 is 0 Å². The Kier molecular flexibility index (Phi) is 1.78. The predicted octanol–water partition coefficient (Wildman–Crippen LogP) is 2.30. The molecule has 0 fully saturated rings. The average molecular weight is 165 g/mol. The van der Waals surface area contributed by atoms with Gasteiger partial charge in [-0.3, -0.25) is 0 Å². The highest BCUT2D eigenvalue weighted by Gasteiger charge is 2.12. The highest BCUT2D eigenvalue weighted by molar-refractivity contribution is 7.81. The van der Waals surface area contributed by atoms with E-state index in [9.17, 15) is 0 Å². The molecule has 1 N–H and O–H groups in total. The van der Waals surface area contributed by atoms with Gasteiger partial charge in [-0.1, -0.05) is 18.2 Å². The van der Waals surface area contributed by atoms with Crippen LogP contribution in [0.4, 0.5) is 5.69 Å². The summed E-state index contributed by atoms with van der Waals surface area (Å²) in [6.07, 6.45) is 2.28. The Hall–Kier alpha value is -0.630. The van der Waals surface area contributed by atoms with Crippen LogP contribution in [0, 0.1) is 0 Å². The molecule has 0 bridgehead atoms. The van der Waals surface area contributed by atoms with Crippen molar-refractivity contribution >= 4 is 18.3 Å². The van der Waals surface area contributed by atoms with Crippen LogP contribution in [-0.4, -0.2) is 5.37 Å². The summed E-state index contributed by atoms with van der Waals surface area (Å²) in [5.74, 6) is 0. The molecule has 1 aliphatic heterocycles. The van der Waals surface area contributed by atoms with Crippen LogP contribution in [0.3, 0.4) is 0 Å². The second kappa shape index (κ2) is 2.78. The molecule has 0 saturated carbocycles. The standard InChI is InChI=1S/C9H11NS/c11-9-6-5-7-3-1-2-4-8(7)10-9/h1-4,9-11H,5-6H2. The third kappa shape index (κ3) is 1.36. The molecule has 0 amide bonds. The van der Waals surface area contributed by atoms with Crippen molar-refractivity contribution in [2.75, 3.05) is 5.32 Å². The monoisotopic (exact) mass is 165 g/mol. The maximum absolute atomic E-state index is 4.37. The smallest absolute Gasteiger partial charge is 0.0696 e. The molecule has 1 aliphatic rings. The molecule has 0 aliphatic carbocycles. The van der Waals surface area contributed by atoms with Crippen LogP contribution in [0.2, 0.25) is 0 Å². The molecule has 2 heteroatoms. The highest BCUT2D eigenvalue weighted by atomic mass is 32.1.